The van der Waals surface area contributed by atoms with Gasteiger partial charge >= 0.3 is 0 Å². The van der Waals surface area contributed by atoms with Gasteiger partial charge in [-0.1, -0.05) is 30.3 Å². The summed E-state index contributed by atoms with van der Waals surface area (Å²) in [5, 5.41) is 0. The van der Waals surface area contributed by atoms with Crippen molar-refractivity contribution in [2.24, 2.45) is 0 Å². The van der Waals surface area contributed by atoms with Crippen LogP contribution in [-0.4, -0.2) is 9.55 Å². The predicted octanol–water partition coefficient (Wildman–Crippen LogP) is 4.34. The van der Waals surface area contributed by atoms with E-state index in [9.17, 15) is 4.39 Å². The second kappa shape index (κ2) is 4.82. The van der Waals surface area contributed by atoms with Crippen LogP contribution in [0.15, 0.2) is 60.8 Å². The van der Waals surface area contributed by atoms with Gasteiger partial charge in [-0.05, 0) is 42.0 Å². The van der Waals surface area contributed by atoms with Gasteiger partial charge in [-0.2, -0.15) is 0 Å². The van der Waals surface area contributed by atoms with Crippen molar-refractivity contribution in [3.05, 3.63) is 71.4 Å². The van der Waals surface area contributed by atoms with Crippen LogP contribution in [0.25, 0.3) is 16.9 Å². The van der Waals surface area contributed by atoms with Crippen LogP contribution in [0.3, 0.4) is 0 Å². The first-order valence-corrected chi connectivity index (χ1v) is 6.28. The van der Waals surface area contributed by atoms with Crippen molar-refractivity contribution in [2.45, 2.75) is 0 Å². The van der Waals surface area contributed by atoms with Crippen molar-refractivity contribution in [2.75, 3.05) is 0 Å². The van der Waals surface area contributed by atoms with Crippen LogP contribution in [0.4, 0.5) is 4.39 Å². The minimum Gasteiger partial charge on any atom is -0.330 e. The lowest BCUT2D eigenvalue weighted by Crippen LogP contribution is -1.91. The van der Waals surface area contributed by atoms with Gasteiger partial charge in [0.1, 0.15) is 5.82 Å². The van der Waals surface area contributed by atoms with Gasteiger partial charge < -0.3 is 4.98 Å². The first-order valence-electron chi connectivity index (χ1n) is 5.87. The average molecular weight is 270 g/mol. The fourth-order valence-electron chi connectivity index (χ4n) is 1.95. The molecule has 1 heterocycles. The quantitative estimate of drug-likeness (QED) is 0.687. The zero-order valence-corrected chi connectivity index (χ0v) is 10.8. The first kappa shape index (κ1) is 11.9. The van der Waals surface area contributed by atoms with E-state index in [1.807, 2.05) is 41.1 Å². The molecule has 94 valence electrons. The molecule has 2 nitrogen and oxygen atoms in total. The third-order valence-electron chi connectivity index (χ3n) is 2.91. The molecule has 3 aromatic rings. The van der Waals surface area contributed by atoms with Gasteiger partial charge in [-0.25, -0.2) is 4.39 Å². The highest BCUT2D eigenvalue weighted by Crippen LogP contribution is 2.19. The first-order chi connectivity index (χ1) is 9.24. The summed E-state index contributed by atoms with van der Waals surface area (Å²) in [5.41, 5.74) is 2.84. The normalized spacial score (nSPS) is 10.6. The van der Waals surface area contributed by atoms with Gasteiger partial charge in [-0.15, -0.1) is 0 Å². The molecule has 0 aliphatic heterocycles. The van der Waals surface area contributed by atoms with Crippen molar-refractivity contribution in [3.63, 3.8) is 0 Å². The van der Waals surface area contributed by atoms with Crippen molar-refractivity contribution in [3.8, 4) is 16.9 Å². The molecule has 0 radical (unpaired) electrons. The van der Waals surface area contributed by atoms with Crippen LogP contribution in [-0.2, 0) is 0 Å². The summed E-state index contributed by atoms with van der Waals surface area (Å²) >= 11 is 5.30. The molecule has 1 N–H and O–H groups in total. The van der Waals surface area contributed by atoms with E-state index < -0.39 is 0 Å². The molecule has 4 heteroatoms. The lowest BCUT2D eigenvalue weighted by atomic mass is 10.2. The zero-order valence-electron chi connectivity index (χ0n) is 10.0. The van der Waals surface area contributed by atoms with E-state index in [0.29, 0.717) is 4.77 Å². The standard InChI is InChI=1S/C15H11FN2S/c16-12-6-8-13(9-7-12)18-10-14(17-15(18)19)11-4-2-1-3-5-11/h1-10H,(H,17,19). The Labute approximate surface area is 115 Å². The van der Waals surface area contributed by atoms with Crippen molar-refractivity contribution in [1.29, 1.82) is 0 Å². The summed E-state index contributed by atoms with van der Waals surface area (Å²) in [5.74, 6) is -0.255. The van der Waals surface area contributed by atoms with Crippen LogP contribution in [0.1, 0.15) is 0 Å². The summed E-state index contributed by atoms with van der Waals surface area (Å²) < 4.78 is 15.3. The summed E-state index contributed by atoms with van der Waals surface area (Å²) in [6, 6.07) is 16.2. The van der Waals surface area contributed by atoms with E-state index in [2.05, 4.69) is 4.98 Å². The van der Waals surface area contributed by atoms with Crippen molar-refractivity contribution < 1.29 is 4.39 Å². The highest BCUT2D eigenvalue weighted by molar-refractivity contribution is 7.71. The molecule has 0 unspecified atom stereocenters. The second-order valence-corrected chi connectivity index (χ2v) is 4.57. The summed E-state index contributed by atoms with van der Waals surface area (Å²) in [6.07, 6.45) is 1.92. The van der Waals surface area contributed by atoms with Crippen LogP contribution in [0, 0.1) is 10.6 Å². The molecule has 0 fully saturated rings. The molecule has 0 aliphatic carbocycles. The monoisotopic (exact) mass is 270 g/mol. The molecular weight excluding hydrogens is 259 g/mol. The third-order valence-corrected chi connectivity index (χ3v) is 3.21. The van der Waals surface area contributed by atoms with Gasteiger partial charge in [0.2, 0.25) is 0 Å². The number of aromatic amines is 1. The SMILES string of the molecule is Fc1ccc(-n2cc(-c3ccccc3)[nH]c2=S)cc1. The molecule has 3 rings (SSSR count). The van der Waals surface area contributed by atoms with E-state index in [1.165, 1.54) is 12.1 Å². The highest BCUT2D eigenvalue weighted by Gasteiger charge is 2.04. The number of nitrogens with one attached hydrogen (secondary N) is 1. The molecule has 0 bridgehead atoms. The fourth-order valence-corrected chi connectivity index (χ4v) is 2.22. The fraction of sp³-hybridized carbons (Fsp3) is 0. The Morgan fingerprint density at radius 2 is 1.63 bits per heavy atom. The number of hydrogen-bond donors (Lipinski definition) is 1. The number of rotatable bonds is 2. The number of H-pyrrole nitrogens is 1. The van der Waals surface area contributed by atoms with E-state index in [-0.39, 0.29) is 5.82 Å². The smallest absolute Gasteiger partial charge is 0.182 e. The zero-order chi connectivity index (χ0) is 13.2. The molecule has 0 atom stereocenters. The maximum absolute atomic E-state index is 12.9. The Balaban J connectivity index is 2.08. The molecule has 2 aromatic carbocycles. The molecular formula is C15H11FN2S. The lowest BCUT2D eigenvalue weighted by molar-refractivity contribution is 0.627. The van der Waals surface area contributed by atoms with Crippen molar-refractivity contribution in [1.82, 2.24) is 9.55 Å². The highest BCUT2D eigenvalue weighted by atomic mass is 32.1. The maximum Gasteiger partial charge on any atom is 0.182 e. The van der Waals surface area contributed by atoms with Crippen LogP contribution >= 0.6 is 12.2 Å². The minimum absolute atomic E-state index is 0.255. The largest absolute Gasteiger partial charge is 0.330 e. The summed E-state index contributed by atoms with van der Waals surface area (Å²) in [6.45, 7) is 0. The van der Waals surface area contributed by atoms with Gasteiger partial charge in [0, 0.05) is 11.9 Å². The maximum atomic E-state index is 12.9. The molecule has 0 saturated carbocycles. The van der Waals surface area contributed by atoms with Gasteiger partial charge in [0.15, 0.2) is 4.77 Å². The van der Waals surface area contributed by atoms with E-state index >= 15 is 0 Å². The Bertz CT molecular complexity index is 742. The average Bonchev–Trinajstić information content (AvgIpc) is 2.83. The van der Waals surface area contributed by atoms with Gasteiger partial charge in [0.05, 0.1) is 5.69 Å². The van der Waals surface area contributed by atoms with E-state index in [0.717, 1.165) is 16.9 Å². The number of benzene rings is 2. The van der Waals surface area contributed by atoms with Crippen molar-refractivity contribution >= 4 is 12.2 Å². The molecule has 0 spiro atoms. The van der Waals surface area contributed by atoms with Crippen LogP contribution in [0.2, 0.25) is 0 Å². The summed E-state index contributed by atoms with van der Waals surface area (Å²) in [7, 11) is 0. The van der Waals surface area contributed by atoms with E-state index in [1.54, 1.807) is 12.1 Å². The molecule has 1 aromatic heterocycles. The Morgan fingerprint density at radius 3 is 2.32 bits per heavy atom. The lowest BCUT2D eigenvalue weighted by Gasteiger charge is -2.01. The summed E-state index contributed by atoms with van der Waals surface area (Å²) in [4.78, 5) is 3.16. The number of imidazole rings is 1. The Morgan fingerprint density at radius 1 is 0.947 bits per heavy atom. The Hall–Kier alpha value is -2.20. The second-order valence-electron chi connectivity index (χ2n) is 4.19. The number of nitrogens with zero attached hydrogens (tertiary/aromatic N) is 1. The minimum atomic E-state index is -0.255. The Kier molecular flexibility index (Phi) is 3.01. The van der Waals surface area contributed by atoms with E-state index in [4.69, 9.17) is 12.2 Å². The predicted molar refractivity (Wildman–Crippen MR) is 76.3 cm³/mol. The molecule has 0 amide bonds. The van der Waals surface area contributed by atoms with Crippen LogP contribution in [0.5, 0.6) is 0 Å². The van der Waals surface area contributed by atoms with Gasteiger partial charge in [-0.3, -0.25) is 4.57 Å². The topological polar surface area (TPSA) is 20.7 Å². The number of halogens is 1. The van der Waals surface area contributed by atoms with Crippen LogP contribution < -0.4 is 0 Å². The third kappa shape index (κ3) is 2.35. The molecule has 19 heavy (non-hydrogen) atoms. The number of hydrogen-bond acceptors (Lipinski definition) is 1. The molecule has 0 aliphatic rings. The van der Waals surface area contributed by atoms with Gasteiger partial charge in [0.25, 0.3) is 0 Å². The molecule has 0 saturated heterocycles. The number of aromatic nitrogens is 2.